The first-order valence-corrected chi connectivity index (χ1v) is 10.6. The van der Waals surface area contributed by atoms with Crippen molar-refractivity contribution in [2.24, 2.45) is 11.8 Å². The standard InChI is InChI=1S/C25H38NO2.BrH/c1-21(2)18-24(19-22(3)4)26(5,20-23-12-8-6-9-13-23)28-17-16-27-25-14-10-7-11-15-25;/h6-15,21-22,24H,16-20H2,1-5H3;1H/q+1;/p-1. The molecule has 3 nitrogen and oxygen atoms in total. The van der Waals surface area contributed by atoms with E-state index in [4.69, 9.17) is 9.57 Å². The normalized spacial score (nSPS) is 13.4. The molecule has 0 spiro atoms. The summed E-state index contributed by atoms with van der Waals surface area (Å²) in [5.41, 5.74) is 1.31. The van der Waals surface area contributed by atoms with E-state index in [1.54, 1.807) is 0 Å². The smallest absolute Gasteiger partial charge is 0.140 e. The van der Waals surface area contributed by atoms with E-state index in [9.17, 15) is 0 Å². The third kappa shape index (κ3) is 9.33. The Morgan fingerprint density at radius 2 is 1.28 bits per heavy atom. The van der Waals surface area contributed by atoms with Crippen LogP contribution in [0.2, 0.25) is 0 Å². The molecule has 2 aromatic rings. The third-order valence-corrected chi connectivity index (χ3v) is 5.08. The second-order valence-corrected chi connectivity index (χ2v) is 8.73. The molecule has 0 bridgehead atoms. The van der Waals surface area contributed by atoms with Crippen molar-refractivity contribution in [1.82, 2.24) is 0 Å². The predicted octanol–water partition coefficient (Wildman–Crippen LogP) is 3.11. The number of ether oxygens (including phenoxy) is 1. The maximum absolute atomic E-state index is 6.53. The predicted molar refractivity (Wildman–Crippen MR) is 117 cm³/mol. The van der Waals surface area contributed by atoms with Crippen molar-refractivity contribution in [2.45, 2.75) is 53.1 Å². The molecule has 0 aliphatic rings. The number of hydrogen-bond donors (Lipinski definition) is 0. The molecule has 0 aliphatic heterocycles. The van der Waals surface area contributed by atoms with Crippen LogP contribution in [0.4, 0.5) is 0 Å². The fourth-order valence-electron chi connectivity index (χ4n) is 3.78. The van der Waals surface area contributed by atoms with E-state index in [2.05, 4.69) is 65.1 Å². The van der Waals surface area contributed by atoms with Crippen molar-refractivity contribution in [3.8, 4) is 5.75 Å². The number of nitrogens with zero attached hydrogens (tertiary/aromatic N) is 1. The van der Waals surface area contributed by atoms with Gasteiger partial charge in [0.25, 0.3) is 0 Å². The lowest BCUT2D eigenvalue weighted by atomic mass is 9.94. The van der Waals surface area contributed by atoms with Crippen LogP contribution in [0.3, 0.4) is 0 Å². The highest BCUT2D eigenvalue weighted by Gasteiger charge is 2.36. The molecule has 4 heteroatoms. The Bertz CT molecular complexity index is 653. The Morgan fingerprint density at radius 3 is 1.79 bits per heavy atom. The van der Waals surface area contributed by atoms with E-state index in [-0.39, 0.29) is 17.0 Å². The zero-order valence-electron chi connectivity index (χ0n) is 18.7. The molecule has 0 aliphatic carbocycles. The molecular formula is C25H38BrNO2. The molecule has 1 unspecified atom stereocenters. The van der Waals surface area contributed by atoms with Crippen LogP contribution in [0.1, 0.15) is 46.1 Å². The Balaban J connectivity index is 0.00000420. The van der Waals surface area contributed by atoms with Crippen molar-refractivity contribution in [3.63, 3.8) is 0 Å². The SMILES string of the molecule is CC(C)CC(CC(C)C)[N+](C)(Cc1ccccc1)OCCOc1ccccc1.[Br-]. The summed E-state index contributed by atoms with van der Waals surface area (Å²) in [6, 6.07) is 21.1. The highest BCUT2D eigenvalue weighted by Crippen LogP contribution is 2.28. The molecule has 2 aromatic carbocycles. The van der Waals surface area contributed by atoms with E-state index in [0.717, 1.165) is 25.1 Å². The summed E-state index contributed by atoms with van der Waals surface area (Å²) in [6.07, 6.45) is 2.31. The second kappa shape index (κ2) is 13.0. The molecule has 0 aromatic heterocycles. The maximum Gasteiger partial charge on any atom is 0.140 e. The van der Waals surface area contributed by atoms with Crippen molar-refractivity contribution >= 4 is 0 Å². The van der Waals surface area contributed by atoms with Gasteiger partial charge in [0.1, 0.15) is 31.5 Å². The fourth-order valence-corrected chi connectivity index (χ4v) is 3.78. The third-order valence-electron chi connectivity index (χ3n) is 5.08. The molecule has 0 N–H and O–H groups in total. The van der Waals surface area contributed by atoms with Gasteiger partial charge in [-0.05, 0) is 24.0 Å². The van der Waals surface area contributed by atoms with Gasteiger partial charge < -0.3 is 21.7 Å². The summed E-state index contributed by atoms with van der Waals surface area (Å²) in [6.45, 7) is 11.2. The number of hydrogen-bond acceptors (Lipinski definition) is 2. The molecule has 0 saturated carbocycles. The molecule has 0 radical (unpaired) electrons. The largest absolute Gasteiger partial charge is 1.00 e. The number of para-hydroxylation sites is 1. The van der Waals surface area contributed by atoms with Crippen LogP contribution in [-0.4, -0.2) is 30.9 Å². The molecule has 0 fully saturated rings. The summed E-state index contributed by atoms with van der Waals surface area (Å²) >= 11 is 0. The van der Waals surface area contributed by atoms with E-state index in [0.29, 0.717) is 35.7 Å². The number of halogens is 1. The van der Waals surface area contributed by atoms with E-state index in [1.807, 2.05) is 30.3 Å². The summed E-state index contributed by atoms with van der Waals surface area (Å²) in [5, 5.41) is 0. The maximum atomic E-state index is 6.53. The van der Waals surface area contributed by atoms with Gasteiger partial charge in [-0.2, -0.15) is 9.48 Å². The first-order valence-electron chi connectivity index (χ1n) is 10.6. The van der Waals surface area contributed by atoms with E-state index >= 15 is 0 Å². The van der Waals surface area contributed by atoms with Crippen LogP contribution in [-0.2, 0) is 11.4 Å². The minimum absolute atomic E-state index is 0. The monoisotopic (exact) mass is 463 g/mol. The van der Waals surface area contributed by atoms with Gasteiger partial charge in [0, 0.05) is 18.4 Å². The van der Waals surface area contributed by atoms with Crippen LogP contribution in [0.15, 0.2) is 60.7 Å². The Kier molecular flexibility index (Phi) is 11.6. The van der Waals surface area contributed by atoms with Gasteiger partial charge in [-0.25, -0.2) is 0 Å². The Labute approximate surface area is 188 Å². The van der Waals surface area contributed by atoms with Crippen LogP contribution in [0.5, 0.6) is 5.75 Å². The van der Waals surface area contributed by atoms with Crippen LogP contribution in [0.25, 0.3) is 0 Å². The lowest BCUT2D eigenvalue weighted by molar-refractivity contribution is -1.12. The fraction of sp³-hybridized carbons (Fsp3) is 0.520. The van der Waals surface area contributed by atoms with Gasteiger partial charge in [0.2, 0.25) is 0 Å². The topological polar surface area (TPSA) is 18.5 Å². The average molecular weight is 464 g/mol. The van der Waals surface area contributed by atoms with Crippen molar-refractivity contribution in [1.29, 1.82) is 0 Å². The first-order chi connectivity index (χ1) is 13.4. The highest BCUT2D eigenvalue weighted by atomic mass is 79.9. The van der Waals surface area contributed by atoms with Gasteiger partial charge in [-0.3, -0.25) is 0 Å². The number of hydroxylamine groups is 3. The number of quaternary nitrogens is 1. The minimum Gasteiger partial charge on any atom is -1.00 e. The number of rotatable bonds is 12. The molecule has 2 rings (SSSR count). The van der Waals surface area contributed by atoms with Crippen molar-refractivity contribution < 1.29 is 31.2 Å². The first kappa shape index (κ1) is 25.7. The Hall–Kier alpha value is -1.36. The molecular weight excluding hydrogens is 426 g/mol. The molecule has 29 heavy (non-hydrogen) atoms. The quantitative estimate of drug-likeness (QED) is 0.273. The van der Waals surface area contributed by atoms with E-state index in [1.165, 1.54) is 5.56 Å². The summed E-state index contributed by atoms with van der Waals surface area (Å²) in [5.74, 6) is 2.17. The molecule has 0 amide bonds. The summed E-state index contributed by atoms with van der Waals surface area (Å²) < 4.78 is 6.45. The zero-order chi connectivity index (χ0) is 20.4. The van der Waals surface area contributed by atoms with Crippen molar-refractivity contribution in [3.05, 3.63) is 66.2 Å². The van der Waals surface area contributed by atoms with Crippen molar-refractivity contribution in [2.75, 3.05) is 20.3 Å². The van der Waals surface area contributed by atoms with Gasteiger partial charge in [-0.15, -0.1) is 0 Å². The summed E-state index contributed by atoms with van der Waals surface area (Å²) in [4.78, 5) is 6.53. The number of benzene rings is 2. The van der Waals surface area contributed by atoms with Gasteiger partial charge in [0.05, 0.1) is 7.05 Å². The highest BCUT2D eigenvalue weighted by molar-refractivity contribution is 5.20. The average Bonchev–Trinajstić information content (AvgIpc) is 2.66. The second-order valence-electron chi connectivity index (χ2n) is 8.73. The lowest BCUT2D eigenvalue weighted by Gasteiger charge is -2.40. The van der Waals surface area contributed by atoms with Crippen LogP contribution in [0, 0.1) is 11.8 Å². The molecule has 0 saturated heterocycles. The zero-order valence-corrected chi connectivity index (χ0v) is 20.3. The molecule has 0 heterocycles. The Morgan fingerprint density at radius 1 is 0.759 bits per heavy atom. The minimum atomic E-state index is 0. The van der Waals surface area contributed by atoms with Gasteiger partial charge >= 0.3 is 0 Å². The van der Waals surface area contributed by atoms with Gasteiger partial charge in [0.15, 0.2) is 0 Å². The summed E-state index contributed by atoms with van der Waals surface area (Å²) in [7, 11) is 2.24. The van der Waals surface area contributed by atoms with Gasteiger partial charge in [-0.1, -0.05) is 76.2 Å². The molecule has 162 valence electrons. The lowest BCUT2D eigenvalue weighted by Crippen LogP contribution is -3.00. The van der Waals surface area contributed by atoms with Crippen LogP contribution >= 0.6 is 0 Å². The van der Waals surface area contributed by atoms with E-state index < -0.39 is 0 Å². The molecule has 1 atom stereocenters. The van der Waals surface area contributed by atoms with Crippen LogP contribution < -0.4 is 21.7 Å².